The third-order valence-corrected chi connectivity index (χ3v) is 4.42. The van der Waals surface area contributed by atoms with E-state index in [0.717, 1.165) is 0 Å². The molecule has 3 N–H and O–H groups in total. The molecule has 1 aromatic heterocycles. The SMILES string of the molecule is CC(C=O)NC(=O)c1ccnc(CNC(Cc2ccc(OC(=O)OC(C)(C)C)cc2)C(=O)O)c1. The van der Waals surface area contributed by atoms with E-state index in [-0.39, 0.29) is 18.7 Å². The van der Waals surface area contributed by atoms with E-state index in [1.807, 2.05) is 0 Å². The number of rotatable bonds is 10. The number of hydrogen-bond acceptors (Lipinski definition) is 8. The number of pyridine rings is 1. The fourth-order valence-corrected chi connectivity index (χ4v) is 2.81. The predicted octanol–water partition coefficient (Wildman–Crippen LogP) is 2.50. The Kier molecular flexibility index (Phi) is 9.26. The van der Waals surface area contributed by atoms with Gasteiger partial charge in [0.05, 0.1) is 11.7 Å². The van der Waals surface area contributed by atoms with E-state index in [1.54, 1.807) is 52.0 Å². The molecule has 0 fully saturated rings. The van der Waals surface area contributed by atoms with Gasteiger partial charge in [-0.15, -0.1) is 0 Å². The number of carbonyl (C=O) groups excluding carboxylic acids is 3. The number of carbonyl (C=O) groups is 4. The average Bonchev–Trinajstić information content (AvgIpc) is 2.76. The number of benzene rings is 1. The topological polar surface area (TPSA) is 144 Å². The molecule has 10 nitrogen and oxygen atoms in total. The van der Waals surface area contributed by atoms with Crippen LogP contribution in [-0.2, 0) is 27.3 Å². The summed E-state index contributed by atoms with van der Waals surface area (Å²) >= 11 is 0. The monoisotopic (exact) mass is 471 g/mol. The summed E-state index contributed by atoms with van der Waals surface area (Å²) < 4.78 is 10.2. The highest BCUT2D eigenvalue weighted by Crippen LogP contribution is 2.16. The van der Waals surface area contributed by atoms with Crippen LogP contribution in [0.25, 0.3) is 0 Å². The summed E-state index contributed by atoms with van der Waals surface area (Å²) in [5.41, 5.74) is 0.816. The zero-order chi connectivity index (χ0) is 25.3. The second-order valence-corrected chi connectivity index (χ2v) is 8.62. The van der Waals surface area contributed by atoms with Gasteiger partial charge in [-0.3, -0.25) is 19.9 Å². The molecule has 10 heteroatoms. The van der Waals surface area contributed by atoms with Crippen molar-refractivity contribution >= 4 is 24.3 Å². The van der Waals surface area contributed by atoms with Crippen LogP contribution in [0, 0.1) is 0 Å². The van der Waals surface area contributed by atoms with Crippen LogP contribution in [0.5, 0.6) is 5.75 Å². The summed E-state index contributed by atoms with van der Waals surface area (Å²) in [4.78, 5) is 50.5. The minimum absolute atomic E-state index is 0.112. The zero-order valence-corrected chi connectivity index (χ0v) is 19.5. The Morgan fingerprint density at radius 1 is 1.15 bits per heavy atom. The first-order valence-corrected chi connectivity index (χ1v) is 10.6. The molecule has 0 bridgehead atoms. The van der Waals surface area contributed by atoms with Gasteiger partial charge in [0, 0.05) is 18.3 Å². The molecule has 34 heavy (non-hydrogen) atoms. The van der Waals surface area contributed by atoms with Crippen molar-refractivity contribution in [2.75, 3.05) is 0 Å². The third kappa shape index (κ3) is 8.99. The van der Waals surface area contributed by atoms with Crippen molar-refractivity contribution in [3.8, 4) is 5.75 Å². The highest BCUT2D eigenvalue weighted by Gasteiger charge is 2.20. The fourth-order valence-electron chi connectivity index (χ4n) is 2.81. The molecule has 1 aromatic carbocycles. The lowest BCUT2D eigenvalue weighted by Gasteiger charge is -2.18. The summed E-state index contributed by atoms with van der Waals surface area (Å²) in [7, 11) is 0. The lowest BCUT2D eigenvalue weighted by atomic mass is 10.1. The van der Waals surface area contributed by atoms with Crippen LogP contribution in [0.1, 0.15) is 49.3 Å². The Morgan fingerprint density at radius 3 is 2.41 bits per heavy atom. The highest BCUT2D eigenvalue weighted by atomic mass is 16.7. The smallest absolute Gasteiger partial charge is 0.480 e. The summed E-state index contributed by atoms with van der Waals surface area (Å²) in [6.45, 7) is 6.85. The molecule has 0 saturated heterocycles. The van der Waals surface area contributed by atoms with E-state index in [1.165, 1.54) is 18.3 Å². The minimum atomic E-state index is -1.05. The number of carboxylic acids is 1. The third-order valence-electron chi connectivity index (χ3n) is 4.42. The Balaban J connectivity index is 1.97. The summed E-state index contributed by atoms with van der Waals surface area (Å²) in [5.74, 6) is -1.20. The van der Waals surface area contributed by atoms with Crippen molar-refractivity contribution in [1.29, 1.82) is 0 Å². The molecule has 2 unspecified atom stereocenters. The summed E-state index contributed by atoms with van der Waals surface area (Å²) in [5, 5.41) is 15.0. The second-order valence-electron chi connectivity index (χ2n) is 8.62. The summed E-state index contributed by atoms with van der Waals surface area (Å²) in [6, 6.07) is 7.92. The molecule has 2 atom stereocenters. The lowest BCUT2D eigenvalue weighted by molar-refractivity contribution is -0.139. The molecule has 182 valence electrons. The van der Waals surface area contributed by atoms with Gasteiger partial charge < -0.3 is 24.7 Å². The molecule has 0 aliphatic rings. The summed E-state index contributed by atoms with van der Waals surface area (Å²) in [6.07, 6.45) is 1.40. The molecular weight excluding hydrogens is 442 g/mol. The van der Waals surface area contributed by atoms with E-state index in [4.69, 9.17) is 9.47 Å². The standard InChI is InChI=1S/C24H29N3O7/c1-15(14-28)27-21(29)17-9-10-25-18(12-17)13-26-20(22(30)31)11-16-5-7-19(8-6-16)33-23(32)34-24(2,3)4/h5-10,12,14-15,20,26H,11,13H2,1-4H3,(H,27,29)(H,30,31). The normalized spacial score (nSPS) is 12.8. The largest absolute Gasteiger partial charge is 0.514 e. The van der Waals surface area contributed by atoms with E-state index in [0.29, 0.717) is 23.1 Å². The number of nitrogens with one attached hydrogen (secondary N) is 2. The van der Waals surface area contributed by atoms with Crippen molar-refractivity contribution in [2.24, 2.45) is 0 Å². The van der Waals surface area contributed by atoms with Crippen LogP contribution in [-0.4, -0.2) is 52.1 Å². The molecule has 1 amide bonds. The van der Waals surface area contributed by atoms with Crippen LogP contribution in [0.4, 0.5) is 4.79 Å². The maximum absolute atomic E-state index is 12.2. The first kappa shape index (κ1) is 26.5. The first-order chi connectivity index (χ1) is 16.0. The molecule has 0 spiro atoms. The average molecular weight is 472 g/mol. The fraction of sp³-hybridized carbons (Fsp3) is 0.375. The Bertz CT molecular complexity index is 1020. The van der Waals surface area contributed by atoms with Gasteiger partial charge in [0.15, 0.2) is 0 Å². The Hall–Kier alpha value is -3.79. The minimum Gasteiger partial charge on any atom is -0.480 e. The van der Waals surface area contributed by atoms with Gasteiger partial charge in [-0.2, -0.15) is 0 Å². The van der Waals surface area contributed by atoms with Crippen molar-refractivity contribution in [1.82, 2.24) is 15.6 Å². The highest BCUT2D eigenvalue weighted by molar-refractivity contribution is 5.95. The zero-order valence-electron chi connectivity index (χ0n) is 19.5. The van der Waals surface area contributed by atoms with Gasteiger partial charge in [0.2, 0.25) is 0 Å². The van der Waals surface area contributed by atoms with Crippen LogP contribution in [0.2, 0.25) is 0 Å². The second kappa shape index (κ2) is 11.9. The van der Waals surface area contributed by atoms with Gasteiger partial charge >= 0.3 is 12.1 Å². The number of ether oxygens (including phenoxy) is 2. The van der Waals surface area contributed by atoms with Crippen molar-refractivity contribution < 1.29 is 33.8 Å². The molecule has 0 radical (unpaired) electrons. The van der Waals surface area contributed by atoms with E-state index in [9.17, 15) is 24.3 Å². The van der Waals surface area contributed by atoms with Gasteiger partial charge in [-0.25, -0.2) is 4.79 Å². The molecular formula is C24H29N3O7. The molecule has 2 rings (SSSR count). The molecule has 0 aliphatic carbocycles. The Morgan fingerprint density at radius 2 is 1.82 bits per heavy atom. The van der Waals surface area contributed by atoms with Gasteiger partial charge in [-0.05, 0) is 63.9 Å². The molecule has 1 heterocycles. The quantitative estimate of drug-likeness (QED) is 0.270. The van der Waals surface area contributed by atoms with Gasteiger partial charge in [0.1, 0.15) is 23.7 Å². The van der Waals surface area contributed by atoms with Crippen LogP contribution in [0.3, 0.4) is 0 Å². The van der Waals surface area contributed by atoms with E-state index >= 15 is 0 Å². The lowest BCUT2D eigenvalue weighted by Crippen LogP contribution is -2.38. The number of nitrogens with zero attached hydrogens (tertiary/aromatic N) is 1. The Labute approximate surface area is 197 Å². The number of aromatic nitrogens is 1. The number of amides is 1. The van der Waals surface area contributed by atoms with Crippen LogP contribution in [0.15, 0.2) is 42.6 Å². The van der Waals surface area contributed by atoms with Crippen LogP contribution >= 0.6 is 0 Å². The first-order valence-electron chi connectivity index (χ1n) is 10.6. The number of aliphatic carboxylic acids is 1. The number of hydrogen-bond donors (Lipinski definition) is 3. The predicted molar refractivity (Wildman–Crippen MR) is 123 cm³/mol. The molecule has 2 aromatic rings. The van der Waals surface area contributed by atoms with E-state index in [2.05, 4.69) is 15.6 Å². The maximum Gasteiger partial charge on any atom is 0.514 e. The van der Waals surface area contributed by atoms with Gasteiger partial charge in [0.25, 0.3) is 5.91 Å². The molecule has 0 aliphatic heterocycles. The van der Waals surface area contributed by atoms with Gasteiger partial charge in [-0.1, -0.05) is 12.1 Å². The van der Waals surface area contributed by atoms with E-state index < -0.39 is 35.7 Å². The molecule has 0 saturated carbocycles. The number of aldehydes is 1. The van der Waals surface area contributed by atoms with Crippen LogP contribution < -0.4 is 15.4 Å². The van der Waals surface area contributed by atoms with Crippen molar-refractivity contribution in [3.05, 3.63) is 59.4 Å². The van der Waals surface area contributed by atoms with Crippen molar-refractivity contribution in [2.45, 2.75) is 58.3 Å². The maximum atomic E-state index is 12.2. The number of carboxylic acid groups (broad SMARTS) is 1. The van der Waals surface area contributed by atoms with Crippen molar-refractivity contribution in [3.63, 3.8) is 0 Å².